The summed E-state index contributed by atoms with van der Waals surface area (Å²) in [6.07, 6.45) is 13.1. The van der Waals surface area contributed by atoms with Crippen LogP contribution in [0.2, 0.25) is 0 Å². The Kier molecular flexibility index (Phi) is 4.29. The first kappa shape index (κ1) is 12.4. The molecule has 1 atom stereocenters. The average Bonchev–Trinajstić information content (AvgIpc) is 2.22. The Balaban J connectivity index is 1.64. The standard InChI is InChI=1S/C15H29N/c1-13(11-14-7-6-8-14)16-12-15(2)9-4-3-5-10-15/h13-14,16H,3-12H2,1-2H3. The average molecular weight is 223 g/mol. The Labute approximate surface area is 101 Å². The van der Waals surface area contributed by atoms with Gasteiger partial charge in [-0.05, 0) is 37.5 Å². The maximum Gasteiger partial charge on any atom is 0.00415 e. The molecule has 0 aromatic heterocycles. The monoisotopic (exact) mass is 223 g/mol. The summed E-state index contributed by atoms with van der Waals surface area (Å²) in [7, 11) is 0. The Morgan fingerprint density at radius 3 is 2.38 bits per heavy atom. The fourth-order valence-electron chi connectivity index (χ4n) is 3.31. The van der Waals surface area contributed by atoms with E-state index in [1.807, 2.05) is 0 Å². The molecule has 2 rings (SSSR count). The van der Waals surface area contributed by atoms with Crippen LogP contribution in [0.4, 0.5) is 0 Å². The highest BCUT2D eigenvalue weighted by molar-refractivity contribution is 4.82. The number of rotatable bonds is 5. The van der Waals surface area contributed by atoms with Crippen LogP contribution in [0.25, 0.3) is 0 Å². The van der Waals surface area contributed by atoms with Gasteiger partial charge in [-0.25, -0.2) is 0 Å². The van der Waals surface area contributed by atoms with Gasteiger partial charge in [0.25, 0.3) is 0 Å². The van der Waals surface area contributed by atoms with Crippen molar-refractivity contribution in [1.29, 1.82) is 0 Å². The van der Waals surface area contributed by atoms with Crippen LogP contribution in [-0.4, -0.2) is 12.6 Å². The highest BCUT2D eigenvalue weighted by atomic mass is 14.9. The normalized spacial score (nSPS) is 27.4. The molecule has 0 aromatic carbocycles. The van der Waals surface area contributed by atoms with Crippen LogP contribution in [0.3, 0.4) is 0 Å². The maximum atomic E-state index is 3.79. The molecule has 2 aliphatic rings. The van der Waals surface area contributed by atoms with Gasteiger partial charge in [-0.3, -0.25) is 0 Å². The molecule has 0 aromatic rings. The predicted octanol–water partition coefficient (Wildman–Crippen LogP) is 4.13. The van der Waals surface area contributed by atoms with Crippen LogP contribution in [0.15, 0.2) is 0 Å². The second-order valence-corrected chi connectivity index (χ2v) is 6.69. The molecule has 1 heteroatoms. The molecule has 2 saturated carbocycles. The lowest BCUT2D eigenvalue weighted by Crippen LogP contribution is -2.39. The van der Waals surface area contributed by atoms with Crippen molar-refractivity contribution in [3.05, 3.63) is 0 Å². The molecule has 2 fully saturated rings. The van der Waals surface area contributed by atoms with Crippen molar-refractivity contribution in [3.63, 3.8) is 0 Å². The van der Waals surface area contributed by atoms with Crippen molar-refractivity contribution in [1.82, 2.24) is 5.32 Å². The summed E-state index contributed by atoms with van der Waals surface area (Å²) >= 11 is 0. The first-order valence-corrected chi connectivity index (χ1v) is 7.41. The Hall–Kier alpha value is -0.0400. The third-order valence-corrected chi connectivity index (χ3v) is 4.85. The number of hydrogen-bond donors (Lipinski definition) is 1. The van der Waals surface area contributed by atoms with Crippen LogP contribution >= 0.6 is 0 Å². The van der Waals surface area contributed by atoms with Crippen molar-refractivity contribution in [3.8, 4) is 0 Å². The fourth-order valence-corrected chi connectivity index (χ4v) is 3.31. The van der Waals surface area contributed by atoms with Crippen molar-refractivity contribution >= 4 is 0 Å². The van der Waals surface area contributed by atoms with Crippen LogP contribution in [0.1, 0.15) is 71.6 Å². The molecular formula is C15H29N. The van der Waals surface area contributed by atoms with Crippen LogP contribution in [-0.2, 0) is 0 Å². The molecule has 1 unspecified atom stereocenters. The summed E-state index contributed by atoms with van der Waals surface area (Å²) in [6.45, 7) is 6.11. The van der Waals surface area contributed by atoms with E-state index in [1.165, 1.54) is 64.3 Å². The Morgan fingerprint density at radius 2 is 1.81 bits per heavy atom. The Bertz CT molecular complexity index is 201. The first-order valence-electron chi connectivity index (χ1n) is 7.41. The molecule has 1 nitrogen and oxygen atoms in total. The molecule has 0 spiro atoms. The van der Waals surface area contributed by atoms with Gasteiger partial charge >= 0.3 is 0 Å². The molecule has 0 aliphatic heterocycles. The molecular weight excluding hydrogens is 194 g/mol. The summed E-state index contributed by atoms with van der Waals surface area (Å²) in [4.78, 5) is 0. The molecule has 0 amide bonds. The molecule has 16 heavy (non-hydrogen) atoms. The number of nitrogens with one attached hydrogen (secondary N) is 1. The lowest BCUT2D eigenvalue weighted by atomic mass is 9.75. The van der Waals surface area contributed by atoms with Gasteiger partial charge in [-0.2, -0.15) is 0 Å². The molecule has 0 heterocycles. The van der Waals surface area contributed by atoms with E-state index < -0.39 is 0 Å². The van der Waals surface area contributed by atoms with Gasteiger partial charge < -0.3 is 5.32 Å². The van der Waals surface area contributed by atoms with E-state index in [0.717, 1.165) is 12.0 Å². The summed E-state index contributed by atoms with van der Waals surface area (Å²) in [5.41, 5.74) is 0.603. The SMILES string of the molecule is CC(CC1CCC1)NCC1(C)CCCCC1. The quantitative estimate of drug-likeness (QED) is 0.739. The van der Waals surface area contributed by atoms with E-state index >= 15 is 0 Å². The third kappa shape index (κ3) is 3.48. The zero-order valence-corrected chi connectivity index (χ0v) is 11.2. The van der Waals surface area contributed by atoms with Crippen molar-refractivity contribution < 1.29 is 0 Å². The molecule has 1 N–H and O–H groups in total. The zero-order valence-electron chi connectivity index (χ0n) is 11.2. The highest BCUT2D eigenvalue weighted by Crippen LogP contribution is 2.35. The summed E-state index contributed by atoms with van der Waals surface area (Å²) in [6, 6.07) is 0.740. The van der Waals surface area contributed by atoms with E-state index in [9.17, 15) is 0 Å². The fraction of sp³-hybridized carbons (Fsp3) is 1.00. The zero-order chi connectivity index (χ0) is 11.4. The van der Waals surface area contributed by atoms with Gasteiger partial charge in [0.15, 0.2) is 0 Å². The second kappa shape index (κ2) is 5.53. The van der Waals surface area contributed by atoms with E-state index in [4.69, 9.17) is 0 Å². The van der Waals surface area contributed by atoms with Gasteiger partial charge in [0.05, 0.1) is 0 Å². The number of hydrogen-bond acceptors (Lipinski definition) is 1. The highest BCUT2D eigenvalue weighted by Gasteiger charge is 2.27. The first-order chi connectivity index (χ1) is 7.68. The van der Waals surface area contributed by atoms with E-state index in [1.54, 1.807) is 0 Å². The third-order valence-electron chi connectivity index (χ3n) is 4.85. The van der Waals surface area contributed by atoms with Crippen LogP contribution < -0.4 is 5.32 Å². The predicted molar refractivity (Wildman–Crippen MR) is 70.6 cm³/mol. The Morgan fingerprint density at radius 1 is 1.12 bits per heavy atom. The maximum absolute atomic E-state index is 3.79. The van der Waals surface area contributed by atoms with Crippen molar-refractivity contribution in [2.75, 3.05) is 6.54 Å². The molecule has 2 aliphatic carbocycles. The van der Waals surface area contributed by atoms with Gasteiger partial charge in [0, 0.05) is 12.6 Å². The summed E-state index contributed by atoms with van der Waals surface area (Å²) < 4.78 is 0. The minimum atomic E-state index is 0.603. The second-order valence-electron chi connectivity index (χ2n) is 6.69. The lowest BCUT2D eigenvalue weighted by molar-refractivity contribution is 0.190. The van der Waals surface area contributed by atoms with Gasteiger partial charge in [0.1, 0.15) is 0 Å². The minimum absolute atomic E-state index is 0.603. The van der Waals surface area contributed by atoms with Crippen LogP contribution in [0.5, 0.6) is 0 Å². The smallest absolute Gasteiger partial charge is 0.00415 e. The van der Waals surface area contributed by atoms with Gasteiger partial charge in [0.2, 0.25) is 0 Å². The van der Waals surface area contributed by atoms with Crippen molar-refractivity contribution in [2.24, 2.45) is 11.3 Å². The molecule has 0 bridgehead atoms. The van der Waals surface area contributed by atoms with Crippen molar-refractivity contribution in [2.45, 2.75) is 77.7 Å². The molecule has 0 saturated heterocycles. The molecule has 0 radical (unpaired) electrons. The molecule has 94 valence electrons. The van der Waals surface area contributed by atoms with Crippen LogP contribution in [0, 0.1) is 11.3 Å². The minimum Gasteiger partial charge on any atom is -0.314 e. The van der Waals surface area contributed by atoms with Gasteiger partial charge in [-0.15, -0.1) is 0 Å². The van der Waals surface area contributed by atoms with Gasteiger partial charge in [-0.1, -0.05) is 45.4 Å². The van der Waals surface area contributed by atoms with E-state index in [0.29, 0.717) is 5.41 Å². The lowest BCUT2D eigenvalue weighted by Gasteiger charge is -2.36. The summed E-state index contributed by atoms with van der Waals surface area (Å²) in [5.74, 6) is 1.04. The van der Waals surface area contributed by atoms with E-state index in [2.05, 4.69) is 19.2 Å². The largest absolute Gasteiger partial charge is 0.314 e. The van der Waals surface area contributed by atoms with E-state index in [-0.39, 0.29) is 0 Å². The topological polar surface area (TPSA) is 12.0 Å². The summed E-state index contributed by atoms with van der Waals surface area (Å²) in [5, 5.41) is 3.79.